The van der Waals surface area contributed by atoms with Crippen LogP contribution in [0.5, 0.6) is 0 Å². The summed E-state index contributed by atoms with van der Waals surface area (Å²) in [5, 5.41) is 12.3. The Balaban J connectivity index is 1.79. The SMILES string of the molecule is N#Cc1c(N2CCC3(CC2)CC3)c2nc(C(=O)NCCN)ccc2[nH]c1=O. The number of rotatable bonds is 4. The van der Waals surface area contributed by atoms with Gasteiger partial charge in [0.1, 0.15) is 22.8 Å². The topological polar surface area (TPSA) is 128 Å². The summed E-state index contributed by atoms with van der Waals surface area (Å²) in [5.74, 6) is -0.325. The predicted molar refractivity (Wildman–Crippen MR) is 102 cm³/mol. The van der Waals surface area contributed by atoms with Gasteiger partial charge in [-0.1, -0.05) is 0 Å². The Morgan fingerprint density at radius 2 is 2.07 bits per heavy atom. The zero-order valence-corrected chi connectivity index (χ0v) is 15.0. The number of nitrogens with zero attached hydrogens (tertiary/aromatic N) is 3. The highest BCUT2D eigenvalue weighted by molar-refractivity contribution is 5.97. The van der Waals surface area contributed by atoms with E-state index in [1.807, 2.05) is 6.07 Å². The fraction of sp³-hybridized carbons (Fsp3) is 0.474. The molecule has 1 amide bonds. The Bertz CT molecular complexity index is 992. The number of H-pyrrole nitrogens is 1. The highest BCUT2D eigenvalue weighted by atomic mass is 16.2. The van der Waals surface area contributed by atoms with Crippen LogP contribution in [0.15, 0.2) is 16.9 Å². The third kappa shape index (κ3) is 3.15. The van der Waals surface area contributed by atoms with Crippen molar-refractivity contribution in [3.63, 3.8) is 0 Å². The van der Waals surface area contributed by atoms with Gasteiger partial charge in [-0.05, 0) is 43.2 Å². The smallest absolute Gasteiger partial charge is 0.269 e. The zero-order chi connectivity index (χ0) is 19.0. The number of nitrogens with two attached hydrogens (primary N) is 1. The van der Waals surface area contributed by atoms with Crippen LogP contribution in [0.3, 0.4) is 0 Å². The van der Waals surface area contributed by atoms with Gasteiger partial charge in [-0.2, -0.15) is 5.26 Å². The van der Waals surface area contributed by atoms with E-state index in [9.17, 15) is 14.9 Å². The summed E-state index contributed by atoms with van der Waals surface area (Å²) in [5.41, 5.74) is 7.33. The summed E-state index contributed by atoms with van der Waals surface area (Å²) in [4.78, 5) is 33.9. The molecule has 8 heteroatoms. The van der Waals surface area contributed by atoms with Gasteiger partial charge in [0.15, 0.2) is 0 Å². The van der Waals surface area contributed by atoms with Gasteiger partial charge >= 0.3 is 0 Å². The van der Waals surface area contributed by atoms with E-state index in [1.54, 1.807) is 12.1 Å². The van der Waals surface area contributed by atoms with Gasteiger partial charge in [0.05, 0.1) is 11.2 Å². The molecule has 1 saturated carbocycles. The van der Waals surface area contributed by atoms with Gasteiger partial charge < -0.3 is 20.9 Å². The number of anilines is 1. The standard InChI is InChI=1S/C19H22N6O2/c20-7-8-22-18(27)14-2-1-13-15(23-14)16(12(11-21)17(26)24-13)25-9-5-19(3-4-19)6-10-25/h1-2H,3-10,20H2,(H,22,27)(H,24,26). The van der Waals surface area contributed by atoms with Gasteiger partial charge in [0.25, 0.3) is 11.5 Å². The maximum absolute atomic E-state index is 12.4. The van der Waals surface area contributed by atoms with Crippen molar-refractivity contribution in [2.24, 2.45) is 11.1 Å². The number of fused-ring (bicyclic) bond motifs is 1. The predicted octanol–water partition coefficient (Wildman–Crippen LogP) is 0.864. The van der Waals surface area contributed by atoms with Crippen LogP contribution >= 0.6 is 0 Å². The molecule has 0 bridgehead atoms. The van der Waals surface area contributed by atoms with E-state index < -0.39 is 5.56 Å². The minimum Gasteiger partial charge on any atom is -0.368 e. The molecule has 8 nitrogen and oxygen atoms in total. The van der Waals surface area contributed by atoms with Gasteiger partial charge in [-0.15, -0.1) is 0 Å². The molecule has 2 aromatic heterocycles. The second kappa shape index (κ2) is 6.67. The molecule has 1 saturated heterocycles. The fourth-order valence-electron chi connectivity index (χ4n) is 3.85. The van der Waals surface area contributed by atoms with E-state index in [1.165, 1.54) is 12.8 Å². The number of nitriles is 1. The van der Waals surface area contributed by atoms with Crippen molar-refractivity contribution in [2.75, 3.05) is 31.1 Å². The molecule has 2 aliphatic rings. The number of hydrogen-bond acceptors (Lipinski definition) is 6. The molecule has 2 aromatic rings. The number of nitrogens with one attached hydrogen (secondary N) is 2. The third-order valence-electron chi connectivity index (χ3n) is 5.70. The van der Waals surface area contributed by atoms with E-state index in [4.69, 9.17) is 5.73 Å². The second-order valence-electron chi connectivity index (χ2n) is 7.41. The Kier molecular flexibility index (Phi) is 4.32. The first-order chi connectivity index (χ1) is 13.1. The van der Waals surface area contributed by atoms with Crippen LogP contribution in [0.1, 0.15) is 41.7 Å². The monoisotopic (exact) mass is 366 g/mol. The summed E-state index contributed by atoms with van der Waals surface area (Å²) >= 11 is 0. The average Bonchev–Trinajstić information content (AvgIpc) is 3.44. The van der Waals surface area contributed by atoms with E-state index >= 15 is 0 Å². The number of carbonyl (C=O) groups excluding carboxylic acids is 1. The Hall–Kier alpha value is -2.92. The lowest BCUT2D eigenvalue weighted by Gasteiger charge is -2.34. The molecule has 1 aliphatic heterocycles. The van der Waals surface area contributed by atoms with Crippen molar-refractivity contribution in [2.45, 2.75) is 25.7 Å². The van der Waals surface area contributed by atoms with Gasteiger partial charge in [0.2, 0.25) is 0 Å². The Labute approximate surface area is 156 Å². The minimum atomic E-state index is -0.422. The molecule has 0 radical (unpaired) electrons. The number of hydrogen-bond donors (Lipinski definition) is 3. The number of aromatic amines is 1. The molecule has 27 heavy (non-hydrogen) atoms. The first-order valence-corrected chi connectivity index (χ1v) is 9.27. The molecule has 1 aliphatic carbocycles. The van der Waals surface area contributed by atoms with E-state index in [2.05, 4.69) is 20.2 Å². The molecular weight excluding hydrogens is 344 g/mol. The fourth-order valence-corrected chi connectivity index (χ4v) is 3.85. The normalized spacial score (nSPS) is 17.7. The number of pyridine rings is 2. The van der Waals surface area contributed by atoms with Crippen LogP contribution < -0.4 is 21.5 Å². The van der Waals surface area contributed by atoms with Gasteiger partial charge in [-0.3, -0.25) is 9.59 Å². The summed E-state index contributed by atoms with van der Waals surface area (Å²) in [7, 11) is 0. The van der Waals surface area contributed by atoms with Crippen LogP contribution in [-0.2, 0) is 0 Å². The molecule has 0 atom stereocenters. The number of amides is 1. The van der Waals surface area contributed by atoms with Crippen LogP contribution in [0.2, 0.25) is 0 Å². The average molecular weight is 366 g/mol. The first kappa shape index (κ1) is 17.5. The van der Waals surface area contributed by atoms with Crippen molar-refractivity contribution >= 4 is 22.6 Å². The zero-order valence-electron chi connectivity index (χ0n) is 15.0. The highest BCUT2D eigenvalue weighted by Crippen LogP contribution is 2.54. The molecule has 140 valence electrons. The summed E-state index contributed by atoms with van der Waals surface area (Å²) in [6.07, 6.45) is 4.66. The van der Waals surface area contributed by atoms with E-state index in [-0.39, 0.29) is 17.2 Å². The van der Waals surface area contributed by atoms with Crippen molar-refractivity contribution < 1.29 is 4.79 Å². The maximum Gasteiger partial charge on any atom is 0.269 e. The van der Waals surface area contributed by atoms with E-state index in [0.29, 0.717) is 35.2 Å². The van der Waals surface area contributed by atoms with Crippen LogP contribution in [0, 0.1) is 16.7 Å². The lowest BCUT2D eigenvalue weighted by atomic mass is 9.93. The highest BCUT2D eigenvalue weighted by Gasteiger charge is 2.45. The van der Waals surface area contributed by atoms with E-state index in [0.717, 1.165) is 25.9 Å². The number of piperidine rings is 1. The lowest BCUT2D eigenvalue weighted by Crippen LogP contribution is -2.36. The quantitative estimate of drug-likeness (QED) is 0.736. The van der Waals surface area contributed by atoms with Crippen LogP contribution in [-0.4, -0.2) is 42.1 Å². The number of aromatic nitrogens is 2. The van der Waals surface area contributed by atoms with Crippen LogP contribution in [0.4, 0.5) is 5.69 Å². The second-order valence-corrected chi connectivity index (χ2v) is 7.41. The molecule has 4 rings (SSSR count). The molecule has 3 heterocycles. The van der Waals surface area contributed by atoms with Crippen LogP contribution in [0.25, 0.3) is 11.0 Å². The molecule has 0 unspecified atom stereocenters. The summed E-state index contributed by atoms with van der Waals surface area (Å²) < 4.78 is 0. The Morgan fingerprint density at radius 3 is 2.70 bits per heavy atom. The minimum absolute atomic E-state index is 0.0567. The molecule has 1 spiro atoms. The molecular formula is C19H22N6O2. The van der Waals surface area contributed by atoms with Crippen molar-refractivity contribution in [3.8, 4) is 6.07 Å². The largest absolute Gasteiger partial charge is 0.368 e. The maximum atomic E-state index is 12.4. The van der Waals surface area contributed by atoms with Crippen molar-refractivity contribution in [1.29, 1.82) is 5.26 Å². The summed E-state index contributed by atoms with van der Waals surface area (Å²) in [6, 6.07) is 5.26. The molecule has 4 N–H and O–H groups in total. The first-order valence-electron chi connectivity index (χ1n) is 9.27. The lowest BCUT2D eigenvalue weighted by molar-refractivity contribution is 0.0950. The third-order valence-corrected chi connectivity index (χ3v) is 5.70. The molecule has 2 fully saturated rings. The number of carbonyl (C=O) groups is 1. The Morgan fingerprint density at radius 1 is 1.33 bits per heavy atom. The van der Waals surface area contributed by atoms with Gasteiger partial charge in [0, 0.05) is 26.2 Å². The van der Waals surface area contributed by atoms with Crippen molar-refractivity contribution in [1.82, 2.24) is 15.3 Å². The molecule has 0 aromatic carbocycles. The summed E-state index contributed by atoms with van der Waals surface area (Å²) in [6.45, 7) is 2.28. The van der Waals surface area contributed by atoms with Crippen molar-refractivity contribution in [3.05, 3.63) is 33.7 Å². The van der Waals surface area contributed by atoms with Gasteiger partial charge in [-0.25, -0.2) is 4.98 Å².